The van der Waals surface area contributed by atoms with Gasteiger partial charge in [0.25, 0.3) is 0 Å². The van der Waals surface area contributed by atoms with Crippen LogP contribution in [-0.4, -0.2) is 11.1 Å². The van der Waals surface area contributed by atoms with Gasteiger partial charge in [-0.25, -0.2) is 0 Å². The topological polar surface area (TPSA) is 63.3 Å². The molecule has 13 heavy (non-hydrogen) atoms. The molecular weight excluding hydrogens is 234 g/mol. The Morgan fingerprint density at radius 2 is 2.23 bits per heavy atom. The van der Waals surface area contributed by atoms with Gasteiger partial charge in [0.05, 0.1) is 0 Å². The highest BCUT2D eigenvalue weighted by atomic mass is 79.9. The molecule has 1 aromatic carbocycles. The number of benzene rings is 1. The van der Waals surface area contributed by atoms with Crippen molar-refractivity contribution in [3.8, 4) is 0 Å². The van der Waals surface area contributed by atoms with Crippen LogP contribution in [0.4, 0.5) is 5.69 Å². The Hall–Kier alpha value is -1.03. The van der Waals surface area contributed by atoms with Crippen LogP contribution in [0.3, 0.4) is 0 Å². The maximum atomic E-state index is 10.3. The Morgan fingerprint density at radius 1 is 1.54 bits per heavy atom. The average Bonchev–Trinajstić information content (AvgIpc) is 2.03. The number of carbonyl (C=O) groups is 1. The van der Waals surface area contributed by atoms with Crippen molar-refractivity contribution < 1.29 is 9.90 Å². The van der Waals surface area contributed by atoms with Gasteiger partial charge in [-0.15, -0.1) is 0 Å². The smallest absolute Gasteiger partial charge is 0.303 e. The van der Waals surface area contributed by atoms with Gasteiger partial charge in [0.15, 0.2) is 0 Å². The third-order valence-corrected chi connectivity index (χ3v) is 2.49. The molecule has 0 aliphatic rings. The molecule has 0 unspecified atom stereocenters. The first-order chi connectivity index (χ1) is 6.11. The summed E-state index contributed by atoms with van der Waals surface area (Å²) in [5.41, 5.74) is 7.19. The number of hydrogen-bond donors (Lipinski definition) is 2. The highest BCUT2D eigenvalue weighted by molar-refractivity contribution is 9.10. The summed E-state index contributed by atoms with van der Waals surface area (Å²) in [6, 6.07) is 5.44. The maximum Gasteiger partial charge on any atom is 0.303 e. The molecule has 0 aliphatic heterocycles. The van der Waals surface area contributed by atoms with Crippen molar-refractivity contribution in [2.75, 3.05) is 5.73 Å². The molecule has 0 radical (unpaired) electrons. The van der Waals surface area contributed by atoms with Crippen molar-refractivity contribution in [2.45, 2.75) is 12.8 Å². The Labute approximate surface area is 84.7 Å². The largest absolute Gasteiger partial charge is 0.481 e. The number of aliphatic carboxylic acids is 1. The third kappa shape index (κ3) is 2.73. The van der Waals surface area contributed by atoms with E-state index in [-0.39, 0.29) is 6.42 Å². The van der Waals surface area contributed by atoms with Crippen LogP contribution in [0.2, 0.25) is 0 Å². The predicted octanol–water partition coefficient (Wildman–Crippen LogP) is 2.05. The van der Waals surface area contributed by atoms with Crippen molar-refractivity contribution in [3.05, 3.63) is 28.2 Å². The normalized spacial score (nSPS) is 9.92. The second kappa shape index (κ2) is 4.28. The number of nitrogens with two attached hydrogens (primary N) is 1. The zero-order valence-corrected chi connectivity index (χ0v) is 8.54. The number of nitrogen functional groups attached to an aromatic ring is 1. The number of carboxylic acid groups (broad SMARTS) is 1. The van der Waals surface area contributed by atoms with Gasteiger partial charge in [0.1, 0.15) is 0 Å². The van der Waals surface area contributed by atoms with Crippen LogP contribution < -0.4 is 5.73 Å². The lowest BCUT2D eigenvalue weighted by Gasteiger charge is -2.05. The van der Waals surface area contributed by atoms with Gasteiger partial charge in [-0.1, -0.05) is 22.0 Å². The fourth-order valence-corrected chi connectivity index (χ4v) is 1.65. The monoisotopic (exact) mass is 243 g/mol. The molecule has 0 aliphatic carbocycles. The van der Waals surface area contributed by atoms with Gasteiger partial charge >= 0.3 is 5.97 Å². The van der Waals surface area contributed by atoms with Gasteiger partial charge in [-0.2, -0.15) is 0 Å². The summed E-state index contributed by atoms with van der Waals surface area (Å²) in [5.74, 6) is -0.810. The lowest BCUT2D eigenvalue weighted by molar-refractivity contribution is -0.136. The van der Waals surface area contributed by atoms with E-state index in [9.17, 15) is 4.79 Å². The van der Waals surface area contributed by atoms with Crippen LogP contribution >= 0.6 is 15.9 Å². The van der Waals surface area contributed by atoms with E-state index >= 15 is 0 Å². The van der Waals surface area contributed by atoms with Gasteiger partial charge < -0.3 is 10.8 Å². The van der Waals surface area contributed by atoms with Gasteiger partial charge in [-0.3, -0.25) is 4.79 Å². The predicted molar refractivity (Wildman–Crippen MR) is 54.5 cm³/mol. The van der Waals surface area contributed by atoms with Crippen LogP contribution in [-0.2, 0) is 11.2 Å². The molecule has 0 fully saturated rings. The van der Waals surface area contributed by atoms with Crippen LogP contribution in [0.5, 0.6) is 0 Å². The summed E-state index contributed by atoms with van der Waals surface area (Å²) < 4.78 is 0.869. The van der Waals surface area contributed by atoms with Gasteiger partial charge in [0, 0.05) is 16.6 Å². The molecule has 3 N–H and O–H groups in total. The summed E-state index contributed by atoms with van der Waals surface area (Å²) in [6.45, 7) is 0. The second-order valence-electron chi connectivity index (χ2n) is 2.70. The molecule has 0 atom stereocenters. The molecule has 1 rings (SSSR count). The van der Waals surface area contributed by atoms with E-state index in [1.807, 2.05) is 12.1 Å². The van der Waals surface area contributed by atoms with Gasteiger partial charge in [0.2, 0.25) is 0 Å². The third-order valence-electron chi connectivity index (χ3n) is 1.74. The number of anilines is 1. The molecule has 0 saturated carbocycles. The maximum absolute atomic E-state index is 10.3. The minimum absolute atomic E-state index is 0.104. The zero-order chi connectivity index (χ0) is 9.84. The van der Waals surface area contributed by atoms with E-state index in [0.717, 1.165) is 10.0 Å². The first-order valence-electron chi connectivity index (χ1n) is 3.86. The molecule has 70 valence electrons. The Kier molecular flexibility index (Phi) is 3.31. The van der Waals surface area contributed by atoms with Crippen molar-refractivity contribution in [2.24, 2.45) is 0 Å². The minimum atomic E-state index is -0.810. The first kappa shape index (κ1) is 10.1. The fraction of sp³-hybridized carbons (Fsp3) is 0.222. The van der Waals surface area contributed by atoms with E-state index in [1.165, 1.54) is 0 Å². The molecule has 0 saturated heterocycles. The molecule has 0 heterocycles. The highest BCUT2D eigenvalue weighted by Gasteiger charge is 2.05. The van der Waals surface area contributed by atoms with E-state index in [1.54, 1.807) is 6.07 Å². The molecule has 0 spiro atoms. The zero-order valence-electron chi connectivity index (χ0n) is 6.96. The van der Waals surface area contributed by atoms with E-state index in [0.29, 0.717) is 12.1 Å². The van der Waals surface area contributed by atoms with Crippen molar-refractivity contribution in [3.63, 3.8) is 0 Å². The Balaban J connectivity index is 2.81. The summed E-state index contributed by atoms with van der Waals surface area (Å²) >= 11 is 3.32. The molecule has 0 amide bonds. The lowest BCUT2D eigenvalue weighted by Crippen LogP contribution is -2.01. The highest BCUT2D eigenvalue weighted by Crippen LogP contribution is 2.23. The van der Waals surface area contributed by atoms with Crippen LogP contribution in [0, 0.1) is 0 Å². The molecule has 1 aromatic rings. The van der Waals surface area contributed by atoms with Gasteiger partial charge in [-0.05, 0) is 24.1 Å². The number of rotatable bonds is 3. The molecular formula is C9H10BrNO2. The number of halogens is 1. The quantitative estimate of drug-likeness (QED) is 0.800. The first-order valence-corrected chi connectivity index (χ1v) is 4.65. The summed E-state index contributed by atoms with van der Waals surface area (Å²) in [5, 5.41) is 8.50. The lowest BCUT2D eigenvalue weighted by atomic mass is 10.1. The van der Waals surface area contributed by atoms with Crippen molar-refractivity contribution in [1.82, 2.24) is 0 Å². The summed E-state index contributed by atoms with van der Waals surface area (Å²) in [7, 11) is 0. The van der Waals surface area contributed by atoms with Crippen LogP contribution in [0.15, 0.2) is 22.7 Å². The SMILES string of the molecule is Nc1cccc(Br)c1CCC(=O)O. The summed E-state index contributed by atoms with van der Waals surface area (Å²) in [4.78, 5) is 10.3. The standard InChI is InChI=1S/C9H10BrNO2/c10-7-2-1-3-8(11)6(7)4-5-9(12)13/h1-3H,4-5,11H2,(H,12,13). The van der Waals surface area contributed by atoms with E-state index in [4.69, 9.17) is 10.8 Å². The average molecular weight is 244 g/mol. The molecule has 0 bridgehead atoms. The molecule has 3 nitrogen and oxygen atoms in total. The van der Waals surface area contributed by atoms with Crippen molar-refractivity contribution in [1.29, 1.82) is 0 Å². The van der Waals surface area contributed by atoms with E-state index in [2.05, 4.69) is 15.9 Å². The second-order valence-corrected chi connectivity index (χ2v) is 3.56. The number of hydrogen-bond acceptors (Lipinski definition) is 2. The summed E-state index contributed by atoms with van der Waals surface area (Å²) in [6.07, 6.45) is 0.565. The molecule has 0 aromatic heterocycles. The Morgan fingerprint density at radius 3 is 2.77 bits per heavy atom. The van der Waals surface area contributed by atoms with Crippen molar-refractivity contribution >= 4 is 27.6 Å². The van der Waals surface area contributed by atoms with Crippen LogP contribution in [0.1, 0.15) is 12.0 Å². The molecule has 4 heteroatoms. The number of carboxylic acids is 1. The van der Waals surface area contributed by atoms with Crippen LogP contribution in [0.25, 0.3) is 0 Å². The minimum Gasteiger partial charge on any atom is -0.481 e. The van der Waals surface area contributed by atoms with E-state index < -0.39 is 5.97 Å². The Bertz CT molecular complexity index is 305. The fourth-order valence-electron chi connectivity index (χ4n) is 1.07.